The lowest BCUT2D eigenvalue weighted by Crippen LogP contribution is -2.29. The van der Waals surface area contributed by atoms with Crippen molar-refractivity contribution < 1.29 is 0 Å². The molecule has 2 nitrogen and oxygen atoms in total. The van der Waals surface area contributed by atoms with Gasteiger partial charge in [0, 0.05) is 16.7 Å². The normalized spacial score (nSPS) is 12.6. The molecule has 0 saturated heterocycles. The van der Waals surface area contributed by atoms with Gasteiger partial charge >= 0.3 is 0 Å². The van der Waals surface area contributed by atoms with Gasteiger partial charge in [-0.1, -0.05) is 224 Å². The molecule has 0 fully saturated rings. The van der Waals surface area contributed by atoms with Crippen molar-refractivity contribution in [2.24, 2.45) is 0 Å². The van der Waals surface area contributed by atoms with Gasteiger partial charge in [0.05, 0.1) is 16.8 Å². The highest BCUT2D eigenvalue weighted by Gasteiger charge is 2.48. The van der Waals surface area contributed by atoms with E-state index in [0.29, 0.717) is 5.82 Å². The van der Waals surface area contributed by atoms with E-state index in [9.17, 15) is 0 Å². The number of hydrogen-bond acceptors (Lipinski definition) is 2. The first-order valence-corrected chi connectivity index (χ1v) is 21.7. The van der Waals surface area contributed by atoms with Crippen molar-refractivity contribution in [3.8, 4) is 67.3 Å². The minimum Gasteiger partial charge on any atom is -0.228 e. The highest BCUT2D eigenvalue weighted by Crippen LogP contribution is 2.60. The van der Waals surface area contributed by atoms with E-state index in [2.05, 4.69) is 237 Å². The second-order valence-electron chi connectivity index (χ2n) is 16.4. The fourth-order valence-corrected chi connectivity index (χ4v) is 10.2. The zero-order valence-corrected chi connectivity index (χ0v) is 34.5. The summed E-state index contributed by atoms with van der Waals surface area (Å²) in [5.41, 5.74) is 16.6. The second-order valence-corrected chi connectivity index (χ2v) is 16.4. The molecule has 0 aliphatic heterocycles. The van der Waals surface area contributed by atoms with Crippen molar-refractivity contribution in [3.05, 3.63) is 265 Å². The Bertz CT molecular complexity index is 3450. The van der Waals surface area contributed by atoms with E-state index in [1.807, 2.05) is 6.07 Å². The SMILES string of the molecule is c1ccc(-c2nc(-c3ccccc3-c3ccccc3)cc(-c3ccc(-c4cccc5c4C(c4ccccc4)(c4ccccc4)c4cc6ccccc6cc4-5)c4ccccc34)n2)cc1. The predicted octanol–water partition coefficient (Wildman–Crippen LogP) is 15.5. The van der Waals surface area contributed by atoms with Crippen LogP contribution in [0.4, 0.5) is 0 Å². The molecule has 0 atom stereocenters. The van der Waals surface area contributed by atoms with Crippen LogP contribution in [-0.4, -0.2) is 9.97 Å². The average Bonchev–Trinajstić information content (AvgIpc) is 3.66. The summed E-state index contributed by atoms with van der Waals surface area (Å²) < 4.78 is 0. The Morgan fingerprint density at radius 1 is 0.286 bits per heavy atom. The fraction of sp³-hybridized carbons (Fsp3) is 0.0164. The number of benzene rings is 10. The van der Waals surface area contributed by atoms with Crippen molar-refractivity contribution in [3.63, 3.8) is 0 Å². The quantitative estimate of drug-likeness (QED) is 0.160. The molecule has 0 amide bonds. The first-order chi connectivity index (χ1) is 31.3. The zero-order valence-electron chi connectivity index (χ0n) is 34.5. The first kappa shape index (κ1) is 36.6. The van der Waals surface area contributed by atoms with E-state index in [4.69, 9.17) is 9.97 Å². The van der Waals surface area contributed by atoms with Crippen LogP contribution in [0.1, 0.15) is 22.3 Å². The van der Waals surface area contributed by atoms with Crippen LogP contribution in [0.2, 0.25) is 0 Å². The van der Waals surface area contributed by atoms with Crippen molar-refractivity contribution in [1.29, 1.82) is 0 Å². The Balaban J connectivity index is 1.12. The van der Waals surface area contributed by atoms with Gasteiger partial charge in [-0.2, -0.15) is 0 Å². The molecule has 294 valence electrons. The van der Waals surface area contributed by atoms with Gasteiger partial charge in [0.15, 0.2) is 5.82 Å². The number of hydrogen-bond donors (Lipinski definition) is 0. The van der Waals surface area contributed by atoms with Crippen molar-refractivity contribution in [2.45, 2.75) is 5.41 Å². The van der Waals surface area contributed by atoms with Crippen LogP contribution in [-0.2, 0) is 5.41 Å². The maximum atomic E-state index is 5.36. The molecule has 1 heterocycles. The van der Waals surface area contributed by atoms with Gasteiger partial charge in [-0.25, -0.2) is 9.97 Å². The van der Waals surface area contributed by atoms with Crippen LogP contribution in [0.25, 0.3) is 88.8 Å². The summed E-state index contributed by atoms with van der Waals surface area (Å²) in [4.78, 5) is 10.6. The van der Waals surface area contributed by atoms with Gasteiger partial charge in [0.25, 0.3) is 0 Å². The molecular formula is C61H40N2. The van der Waals surface area contributed by atoms with Crippen LogP contribution in [0, 0.1) is 0 Å². The van der Waals surface area contributed by atoms with Gasteiger partial charge in [0.1, 0.15) is 0 Å². The molecule has 63 heavy (non-hydrogen) atoms. The predicted molar refractivity (Wildman–Crippen MR) is 262 cm³/mol. The Kier molecular flexibility index (Phi) is 8.76. The summed E-state index contributed by atoms with van der Waals surface area (Å²) >= 11 is 0. The minimum absolute atomic E-state index is 0.578. The van der Waals surface area contributed by atoms with E-state index < -0.39 is 5.41 Å². The molecule has 1 aromatic heterocycles. The summed E-state index contributed by atoms with van der Waals surface area (Å²) in [5, 5.41) is 4.79. The van der Waals surface area contributed by atoms with E-state index >= 15 is 0 Å². The summed E-state index contributed by atoms with van der Waals surface area (Å²) in [6, 6.07) is 87.9. The topological polar surface area (TPSA) is 25.8 Å². The van der Waals surface area contributed by atoms with E-state index in [0.717, 1.165) is 44.6 Å². The Morgan fingerprint density at radius 3 is 1.40 bits per heavy atom. The zero-order chi connectivity index (χ0) is 41.7. The largest absolute Gasteiger partial charge is 0.228 e. The van der Waals surface area contributed by atoms with Gasteiger partial charge in [0.2, 0.25) is 0 Å². The molecule has 0 saturated carbocycles. The van der Waals surface area contributed by atoms with E-state index in [-0.39, 0.29) is 0 Å². The fourth-order valence-electron chi connectivity index (χ4n) is 10.2. The molecule has 0 spiro atoms. The number of fused-ring (bicyclic) bond motifs is 5. The highest BCUT2D eigenvalue weighted by molar-refractivity contribution is 6.08. The molecule has 0 N–H and O–H groups in total. The van der Waals surface area contributed by atoms with Gasteiger partial charge in [-0.3, -0.25) is 0 Å². The molecule has 1 aliphatic carbocycles. The lowest BCUT2D eigenvalue weighted by atomic mass is 9.66. The number of nitrogens with zero attached hydrogens (tertiary/aromatic N) is 2. The lowest BCUT2D eigenvalue weighted by molar-refractivity contribution is 0.771. The van der Waals surface area contributed by atoms with Gasteiger partial charge in [-0.15, -0.1) is 0 Å². The minimum atomic E-state index is -0.578. The Morgan fingerprint density at radius 2 is 0.746 bits per heavy atom. The molecule has 2 heteroatoms. The van der Waals surface area contributed by atoms with Crippen molar-refractivity contribution in [1.82, 2.24) is 9.97 Å². The standard InChI is InChI=1S/C61H40N2/c1-5-20-41(21-6-1)47-30-15-18-33-51(47)57-40-58(63-60(62-57)42-22-7-2-8-23-42)52-37-36-50(48-31-16-17-32-49(48)52)53-34-19-35-54-55-38-43-24-13-14-25-44(43)39-56(55)61(59(53)54,45-26-9-3-10-27-45)46-28-11-4-12-29-46/h1-40H. The summed E-state index contributed by atoms with van der Waals surface area (Å²) in [6.45, 7) is 0. The molecule has 10 aromatic carbocycles. The Labute approximate surface area is 367 Å². The monoisotopic (exact) mass is 800 g/mol. The summed E-state index contributed by atoms with van der Waals surface area (Å²) in [6.07, 6.45) is 0. The third-order valence-corrected chi connectivity index (χ3v) is 13.0. The molecular weight excluding hydrogens is 761 g/mol. The van der Waals surface area contributed by atoms with Crippen LogP contribution in [0.15, 0.2) is 243 Å². The Hall–Kier alpha value is -8.20. The third kappa shape index (κ3) is 5.95. The number of aromatic nitrogens is 2. The maximum absolute atomic E-state index is 5.36. The van der Waals surface area contributed by atoms with E-state index in [1.54, 1.807) is 0 Å². The molecule has 12 rings (SSSR count). The van der Waals surface area contributed by atoms with Crippen molar-refractivity contribution in [2.75, 3.05) is 0 Å². The van der Waals surface area contributed by atoms with Crippen LogP contribution in [0.5, 0.6) is 0 Å². The lowest BCUT2D eigenvalue weighted by Gasteiger charge is -2.35. The van der Waals surface area contributed by atoms with E-state index in [1.165, 1.54) is 60.7 Å². The molecule has 0 bridgehead atoms. The highest BCUT2D eigenvalue weighted by atomic mass is 14.9. The van der Waals surface area contributed by atoms with Crippen LogP contribution >= 0.6 is 0 Å². The maximum Gasteiger partial charge on any atom is 0.160 e. The molecule has 11 aromatic rings. The second kappa shape index (κ2) is 15.1. The van der Waals surface area contributed by atoms with Crippen molar-refractivity contribution >= 4 is 21.5 Å². The van der Waals surface area contributed by atoms with Crippen LogP contribution < -0.4 is 0 Å². The molecule has 1 aliphatic rings. The van der Waals surface area contributed by atoms with Gasteiger partial charge < -0.3 is 0 Å². The molecule has 0 unspecified atom stereocenters. The summed E-state index contributed by atoms with van der Waals surface area (Å²) in [7, 11) is 0. The average molecular weight is 801 g/mol. The third-order valence-electron chi connectivity index (χ3n) is 13.0. The smallest absolute Gasteiger partial charge is 0.160 e. The summed E-state index contributed by atoms with van der Waals surface area (Å²) in [5.74, 6) is 0.695. The number of rotatable bonds is 7. The molecule has 0 radical (unpaired) electrons. The first-order valence-electron chi connectivity index (χ1n) is 21.7. The van der Waals surface area contributed by atoms with Crippen LogP contribution in [0.3, 0.4) is 0 Å². The van der Waals surface area contributed by atoms with Gasteiger partial charge in [-0.05, 0) is 95.4 Å².